The molecular weight excluding hydrogens is 192 g/mol. The van der Waals surface area contributed by atoms with E-state index in [2.05, 4.69) is 10.2 Å². The van der Waals surface area contributed by atoms with Crippen LogP contribution in [-0.2, 0) is 4.79 Å². The summed E-state index contributed by atoms with van der Waals surface area (Å²) in [6, 6.07) is 0.107. The molecule has 1 rings (SSSR count). The summed E-state index contributed by atoms with van der Waals surface area (Å²) in [7, 11) is 0. The maximum atomic E-state index is 11.7. The molecule has 0 aromatic rings. The molecule has 0 aromatic carbocycles. The minimum absolute atomic E-state index is 0.0834. The van der Waals surface area contributed by atoms with Gasteiger partial charge in [-0.3, -0.25) is 9.69 Å². The zero-order chi connectivity index (χ0) is 11.4. The van der Waals surface area contributed by atoms with Crippen LogP contribution in [0.1, 0.15) is 33.6 Å². The van der Waals surface area contributed by atoms with Crippen LogP contribution in [0, 0.1) is 0 Å². The third-order valence-corrected chi connectivity index (χ3v) is 2.86. The monoisotopic (exact) mass is 214 g/mol. The second kappa shape index (κ2) is 5.47. The number of nitrogens with one attached hydrogen (secondary N) is 1. The lowest BCUT2D eigenvalue weighted by Gasteiger charge is -2.33. The summed E-state index contributed by atoms with van der Waals surface area (Å²) in [6.07, 6.45) is 1.38. The number of carbonyl (C=O) groups is 1. The molecule has 0 radical (unpaired) electrons. The summed E-state index contributed by atoms with van der Waals surface area (Å²) in [6.45, 7) is 7.48. The number of hydrogen-bond acceptors (Lipinski definition) is 3. The van der Waals surface area contributed by atoms with Crippen LogP contribution in [0.2, 0.25) is 0 Å². The Morgan fingerprint density at radius 3 is 2.33 bits per heavy atom. The van der Waals surface area contributed by atoms with Crippen molar-refractivity contribution in [2.24, 2.45) is 0 Å². The number of hydrogen-bond donors (Lipinski definition) is 2. The van der Waals surface area contributed by atoms with Crippen molar-refractivity contribution in [1.29, 1.82) is 0 Å². The number of likely N-dealkylation sites (tertiary alicyclic amines) is 1. The Morgan fingerprint density at radius 2 is 1.87 bits per heavy atom. The molecule has 1 fully saturated rings. The first-order valence-corrected chi connectivity index (χ1v) is 5.73. The molecule has 0 aromatic heterocycles. The molecule has 0 bridgehead atoms. The lowest BCUT2D eigenvalue weighted by Crippen LogP contribution is -2.50. The fraction of sp³-hybridized carbons (Fsp3) is 0.909. The SMILES string of the molecule is CC(C)NC(=O)[C@@H](C)N1CCC(O)CC1. The fourth-order valence-corrected chi connectivity index (χ4v) is 1.84. The Labute approximate surface area is 91.6 Å². The molecule has 88 valence electrons. The zero-order valence-electron chi connectivity index (χ0n) is 9.86. The van der Waals surface area contributed by atoms with Crippen LogP contribution in [0.3, 0.4) is 0 Å². The second-order valence-electron chi connectivity index (χ2n) is 4.61. The van der Waals surface area contributed by atoms with Gasteiger partial charge < -0.3 is 10.4 Å². The summed E-state index contributed by atoms with van der Waals surface area (Å²) in [4.78, 5) is 13.8. The highest BCUT2D eigenvalue weighted by Crippen LogP contribution is 2.12. The molecule has 2 N–H and O–H groups in total. The fourth-order valence-electron chi connectivity index (χ4n) is 1.84. The predicted octanol–water partition coefficient (Wildman–Crippen LogP) is 0.356. The number of carbonyl (C=O) groups excluding carboxylic acids is 1. The van der Waals surface area contributed by atoms with Crippen molar-refractivity contribution in [3.63, 3.8) is 0 Å². The van der Waals surface area contributed by atoms with Crippen LogP contribution in [0.15, 0.2) is 0 Å². The van der Waals surface area contributed by atoms with Gasteiger partial charge in [-0.1, -0.05) is 0 Å². The van der Waals surface area contributed by atoms with Crippen molar-refractivity contribution in [1.82, 2.24) is 10.2 Å². The van der Waals surface area contributed by atoms with E-state index in [1.165, 1.54) is 0 Å². The van der Waals surface area contributed by atoms with Crippen molar-refractivity contribution in [3.05, 3.63) is 0 Å². The van der Waals surface area contributed by atoms with Crippen molar-refractivity contribution in [2.45, 2.75) is 51.8 Å². The van der Waals surface area contributed by atoms with Gasteiger partial charge in [0.15, 0.2) is 0 Å². The number of rotatable bonds is 3. The van der Waals surface area contributed by atoms with Gasteiger partial charge in [-0.15, -0.1) is 0 Å². The van der Waals surface area contributed by atoms with Crippen LogP contribution in [0.5, 0.6) is 0 Å². The normalized spacial score (nSPS) is 21.7. The largest absolute Gasteiger partial charge is 0.393 e. The lowest BCUT2D eigenvalue weighted by molar-refractivity contribution is -0.127. The summed E-state index contributed by atoms with van der Waals surface area (Å²) in [5.41, 5.74) is 0. The van der Waals surface area contributed by atoms with E-state index >= 15 is 0 Å². The van der Waals surface area contributed by atoms with Gasteiger partial charge in [0.05, 0.1) is 12.1 Å². The summed E-state index contributed by atoms with van der Waals surface area (Å²) < 4.78 is 0. The van der Waals surface area contributed by atoms with Gasteiger partial charge in [0.1, 0.15) is 0 Å². The molecule has 4 heteroatoms. The minimum atomic E-state index is -0.179. The Morgan fingerprint density at radius 1 is 1.33 bits per heavy atom. The van der Waals surface area contributed by atoms with Gasteiger partial charge in [0.2, 0.25) is 5.91 Å². The zero-order valence-corrected chi connectivity index (χ0v) is 9.86. The van der Waals surface area contributed by atoms with E-state index < -0.39 is 0 Å². The molecule has 1 saturated heterocycles. The van der Waals surface area contributed by atoms with E-state index in [9.17, 15) is 9.90 Å². The number of nitrogens with zero attached hydrogens (tertiary/aromatic N) is 1. The highest BCUT2D eigenvalue weighted by molar-refractivity contribution is 5.81. The van der Waals surface area contributed by atoms with Crippen LogP contribution in [0.4, 0.5) is 0 Å². The van der Waals surface area contributed by atoms with E-state index in [1.54, 1.807) is 0 Å². The average molecular weight is 214 g/mol. The maximum absolute atomic E-state index is 11.7. The number of amides is 1. The maximum Gasteiger partial charge on any atom is 0.237 e. The second-order valence-corrected chi connectivity index (χ2v) is 4.61. The molecule has 1 atom stereocenters. The van der Waals surface area contributed by atoms with Crippen LogP contribution in [-0.4, -0.2) is 47.2 Å². The number of piperidine rings is 1. The molecule has 15 heavy (non-hydrogen) atoms. The molecule has 1 aliphatic rings. The lowest BCUT2D eigenvalue weighted by atomic mass is 10.1. The quantitative estimate of drug-likeness (QED) is 0.713. The number of aliphatic hydroxyl groups is 1. The van der Waals surface area contributed by atoms with E-state index in [0.29, 0.717) is 0 Å². The Balaban J connectivity index is 2.39. The van der Waals surface area contributed by atoms with Crippen molar-refractivity contribution in [2.75, 3.05) is 13.1 Å². The molecule has 0 saturated carbocycles. The molecule has 1 aliphatic heterocycles. The van der Waals surface area contributed by atoms with Crippen molar-refractivity contribution >= 4 is 5.91 Å². The number of aliphatic hydroxyl groups excluding tert-OH is 1. The van der Waals surface area contributed by atoms with Crippen molar-refractivity contribution < 1.29 is 9.90 Å². The minimum Gasteiger partial charge on any atom is -0.393 e. The molecule has 1 heterocycles. The van der Waals surface area contributed by atoms with Gasteiger partial charge in [-0.05, 0) is 33.6 Å². The molecule has 4 nitrogen and oxygen atoms in total. The Kier molecular flexibility index (Phi) is 4.54. The summed E-state index contributed by atoms with van der Waals surface area (Å²) in [5, 5.41) is 12.3. The third-order valence-electron chi connectivity index (χ3n) is 2.86. The van der Waals surface area contributed by atoms with Gasteiger partial charge in [0, 0.05) is 19.1 Å². The first-order chi connectivity index (χ1) is 7.00. The topological polar surface area (TPSA) is 52.6 Å². The molecule has 1 amide bonds. The Hall–Kier alpha value is -0.610. The summed E-state index contributed by atoms with van der Waals surface area (Å²) in [5.74, 6) is 0.0846. The third kappa shape index (κ3) is 3.80. The summed E-state index contributed by atoms with van der Waals surface area (Å²) >= 11 is 0. The van der Waals surface area contributed by atoms with Crippen molar-refractivity contribution in [3.8, 4) is 0 Å². The molecular formula is C11H22N2O2. The highest BCUT2D eigenvalue weighted by Gasteiger charge is 2.25. The van der Waals surface area contributed by atoms with Gasteiger partial charge in [0.25, 0.3) is 0 Å². The van der Waals surface area contributed by atoms with Crippen LogP contribution >= 0.6 is 0 Å². The van der Waals surface area contributed by atoms with E-state index in [-0.39, 0.29) is 24.1 Å². The van der Waals surface area contributed by atoms with E-state index in [1.807, 2.05) is 20.8 Å². The first kappa shape index (κ1) is 12.5. The van der Waals surface area contributed by atoms with Gasteiger partial charge in [-0.2, -0.15) is 0 Å². The van der Waals surface area contributed by atoms with E-state index in [0.717, 1.165) is 25.9 Å². The van der Waals surface area contributed by atoms with Crippen LogP contribution in [0.25, 0.3) is 0 Å². The molecule has 0 aliphatic carbocycles. The molecule has 0 spiro atoms. The van der Waals surface area contributed by atoms with Gasteiger partial charge in [-0.25, -0.2) is 0 Å². The van der Waals surface area contributed by atoms with Gasteiger partial charge >= 0.3 is 0 Å². The highest BCUT2D eigenvalue weighted by atomic mass is 16.3. The molecule has 0 unspecified atom stereocenters. The predicted molar refractivity (Wildman–Crippen MR) is 59.6 cm³/mol. The average Bonchev–Trinajstić information content (AvgIpc) is 2.17. The standard InChI is InChI=1S/C11H22N2O2/c1-8(2)12-11(15)9(3)13-6-4-10(14)5-7-13/h8-10,14H,4-7H2,1-3H3,(H,12,15)/t9-/m1/s1. The van der Waals surface area contributed by atoms with E-state index in [4.69, 9.17) is 0 Å². The Bertz CT molecular complexity index is 211. The smallest absolute Gasteiger partial charge is 0.237 e. The van der Waals surface area contributed by atoms with Crippen LogP contribution < -0.4 is 5.32 Å². The first-order valence-electron chi connectivity index (χ1n) is 5.73.